The molecule has 0 spiro atoms. The number of hydrogen-bond acceptors (Lipinski definition) is 4. The van der Waals surface area contributed by atoms with Crippen LogP contribution in [0.2, 0.25) is 0 Å². The number of carbonyl (C=O) groups is 2. The molecule has 0 bridgehead atoms. The number of carbonyl (C=O) groups excluding carboxylic acids is 2. The quantitative estimate of drug-likeness (QED) is 0.646. The van der Waals surface area contributed by atoms with Crippen molar-refractivity contribution in [3.05, 3.63) is 59.4 Å². The van der Waals surface area contributed by atoms with Crippen LogP contribution in [-0.2, 0) is 9.53 Å². The number of benzene rings is 2. The summed E-state index contributed by atoms with van der Waals surface area (Å²) in [6, 6.07) is 5.75. The fourth-order valence-corrected chi connectivity index (χ4v) is 3.75. The molecule has 1 fully saturated rings. The highest BCUT2D eigenvalue weighted by atomic mass is 19.2. The number of rotatable bonds is 5. The number of aliphatic hydroxyl groups excluding tert-OH is 1. The van der Waals surface area contributed by atoms with Crippen LogP contribution in [0.5, 0.6) is 0 Å². The Balaban J connectivity index is 1.74. The first-order chi connectivity index (χ1) is 15.5. The summed E-state index contributed by atoms with van der Waals surface area (Å²) < 4.78 is 47.0. The van der Waals surface area contributed by atoms with Gasteiger partial charge in [0.05, 0.1) is 18.2 Å². The third kappa shape index (κ3) is 5.65. The van der Waals surface area contributed by atoms with E-state index in [1.165, 1.54) is 29.2 Å². The Morgan fingerprint density at radius 2 is 1.76 bits per heavy atom. The number of ether oxygens (including phenoxy) is 1. The maximum absolute atomic E-state index is 14.1. The summed E-state index contributed by atoms with van der Waals surface area (Å²) in [6.07, 6.45) is 0.519. The predicted octanol–water partition coefficient (Wildman–Crippen LogP) is 4.32. The van der Waals surface area contributed by atoms with Gasteiger partial charge in [-0.3, -0.25) is 9.69 Å². The normalized spacial score (nSPS) is 17.1. The minimum atomic E-state index is -1.29. The lowest BCUT2D eigenvalue weighted by Crippen LogP contribution is -2.48. The van der Waals surface area contributed by atoms with Gasteiger partial charge in [0.2, 0.25) is 5.91 Å². The first-order valence-corrected chi connectivity index (χ1v) is 10.7. The van der Waals surface area contributed by atoms with Gasteiger partial charge in [-0.25, -0.2) is 18.0 Å². The lowest BCUT2D eigenvalue weighted by Gasteiger charge is -2.29. The van der Waals surface area contributed by atoms with Crippen LogP contribution in [0.1, 0.15) is 45.2 Å². The van der Waals surface area contributed by atoms with Crippen molar-refractivity contribution in [3.8, 4) is 11.1 Å². The van der Waals surface area contributed by atoms with Crippen molar-refractivity contribution in [3.63, 3.8) is 0 Å². The van der Waals surface area contributed by atoms with Gasteiger partial charge in [-0.1, -0.05) is 24.3 Å². The molecule has 0 saturated carbocycles. The highest BCUT2D eigenvalue weighted by Crippen LogP contribution is 2.29. The highest BCUT2D eigenvalue weighted by molar-refractivity contribution is 5.86. The summed E-state index contributed by atoms with van der Waals surface area (Å²) in [5.41, 5.74) is -0.599. The third-order valence-corrected chi connectivity index (χ3v) is 5.33. The van der Waals surface area contributed by atoms with Crippen LogP contribution < -0.4 is 5.32 Å². The molecule has 1 aliphatic heterocycles. The molecule has 2 N–H and O–H groups in total. The van der Waals surface area contributed by atoms with Crippen LogP contribution in [0, 0.1) is 17.5 Å². The molecule has 2 unspecified atom stereocenters. The minimum absolute atomic E-state index is 0.114. The molecule has 2 aromatic rings. The Labute approximate surface area is 190 Å². The van der Waals surface area contributed by atoms with Gasteiger partial charge in [-0.05, 0) is 56.9 Å². The van der Waals surface area contributed by atoms with Crippen molar-refractivity contribution in [1.82, 2.24) is 10.2 Å². The van der Waals surface area contributed by atoms with Gasteiger partial charge in [0.1, 0.15) is 17.5 Å². The van der Waals surface area contributed by atoms with Crippen LogP contribution >= 0.6 is 0 Å². The zero-order valence-corrected chi connectivity index (χ0v) is 18.7. The zero-order chi connectivity index (χ0) is 24.3. The Bertz CT molecular complexity index is 1020. The molecule has 3 rings (SSSR count). The van der Waals surface area contributed by atoms with E-state index >= 15 is 0 Å². The average Bonchev–Trinajstić information content (AvgIpc) is 3.25. The fourth-order valence-electron chi connectivity index (χ4n) is 3.75. The molecule has 0 aliphatic carbocycles. The summed E-state index contributed by atoms with van der Waals surface area (Å²) in [5, 5.41) is 12.5. The Morgan fingerprint density at radius 1 is 1.12 bits per heavy atom. The maximum atomic E-state index is 14.1. The van der Waals surface area contributed by atoms with E-state index in [1.54, 1.807) is 20.8 Å². The molecule has 1 saturated heterocycles. The van der Waals surface area contributed by atoms with Crippen molar-refractivity contribution in [2.45, 2.75) is 51.3 Å². The van der Waals surface area contributed by atoms with Crippen LogP contribution in [0.15, 0.2) is 36.4 Å². The smallest absolute Gasteiger partial charge is 0.410 e. The lowest BCUT2D eigenvalue weighted by molar-refractivity contribution is -0.126. The maximum Gasteiger partial charge on any atom is 0.410 e. The highest BCUT2D eigenvalue weighted by Gasteiger charge is 2.37. The number of halogens is 3. The monoisotopic (exact) mass is 464 g/mol. The van der Waals surface area contributed by atoms with E-state index in [0.717, 1.165) is 6.07 Å². The zero-order valence-electron chi connectivity index (χ0n) is 18.7. The summed E-state index contributed by atoms with van der Waals surface area (Å²) >= 11 is 0. The molecule has 33 heavy (non-hydrogen) atoms. The van der Waals surface area contributed by atoms with Gasteiger partial charge in [-0.15, -0.1) is 0 Å². The molecular formula is C24H27F3N2O4. The second-order valence-corrected chi connectivity index (χ2v) is 8.92. The number of aliphatic hydroxyl groups is 1. The SMILES string of the molecule is CC(C)(C)OC(=O)N1CCCC1C(=O)NC(CO)c1ccc(-c2c(F)ccc(F)c2F)cc1. The van der Waals surface area contributed by atoms with Crippen molar-refractivity contribution in [2.75, 3.05) is 13.2 Å². The summed E-state index contributed by atoms with van der Waals surface area (Å²) in [5.74, 6) is -3.80. The molecule has 6 nitrogen and oxygen atoms in total. The minimum Gasteiger partial charge on any atom is -0.444 e. The number of amides is 2. The molecule has 1 aliphatic rings. The molecular weight excluding hydrogens is 437 g/mol. The van der Waals surface area contributed by atoms with Gasteiger partial charge in [0.15, 0.2) is 11.6 Å². The Hall–Kier alpha value is -3.07. The van der Waals surface area contributed by atoms with E-state index in [0.29, 0.717) is 31.0 Å². The van der Waals surface area contributed by atoms with E-state index in [9.17, 15) is 27.9 Å². The van der Waals surface area contributed by atoms with E-state index in [-0.39, 0.29) is 5.56 Å². The topological polar surface area (TPSA) is 78.9 Å². The van der Waals surface area contributed by atoms with E-state index in [2.05, 4.69) is 5.32 Å². The van der Waals surface area contributed by atoms with Gasteiger partial charge in [-0.2, -0.15) is 0 Å². The Morgan fingerprint density at radius 3 is 2.36 bits per heavy atom. The summed E-state index contributed by atoms with van der Waals surface area (Å²) in [4.78, 5) is 26.7. The number of hydrogen-bond donors (Lipinski definition) is 2. The van der Waals surface area contributed by atoms with E-state index in [1.807, 2.05) is 0 Å². The van der Waals surface area contributed by atoms with Crippen LogP contribution in [0.25, 0.3) is 11.1 Å². The largest absolute Gasteiger partial charge is 0.444 e. The predicted molar refractivity (Wildman–Crippen MR) is 116 cm³/mol. The Kier molecular flexibility index (Phi) is 7.31. The van der Waals surface area contributed by atoms with E-state index in [4.69, 9.17) is 4.74 Å². The molecule has 2 atom stereocenters. The standard InChI is InChI=1S/C24H27F3N2O4/c1-24(2,3)33-23(32)29-12-4-5-19(29)22(31)28-18(13-30)14-6-8-15(9-7-14)20-16(25)10-11-17(26)21(20)27/h6-11,18-19,30H,4-5,12-13H2,1-3H3,(H,28,31). The van der Waals surface area contributed by atoms with Crippen molar-refractivity contribution in [2.24, 2.45) is 0 Å². The molecule has 2 amide bonds. The molecule has 178 valence electrons. The second kappa shape index (κ2) is 9.82. The first kappa shape index (κ1) is 24.6. The number of nitrogens with one attached hydrogen (secondary N) is 1. The van der Waals surface area contributed by atoms with Crippen molar-refractivity contribution < 1.29 is 32.6 Å². The fraction of sp³-hybridized carbons (Fsp3) is 0.417. The van der Waals surface area contributed by atoms with E-state index < -0.39 is 59.3 Å². The van der Waals surface area contributed by atoms with Gasteiger partial charge >= 0.3 is 6.09 Å². The number of nitrogens with zero attached hydrogens (tertiary/aromatic N) is 1. The second-order valence-electron chi connectivity index (χ2n) is 8.92. The summed E-state index contributed by atoms with van der Waals surface area (Å²) in [6.45, 7) is 5.17. The summed E-state index contributed by atoms with van der Waals surface area (Å²) in [7, 11) is 0. The lowest BCUT2D eigenvalue weighted by atomic mass is 9.99. The molecule has 1 heterocycles. The van der Waals surface area contributed by atoms with Gasteiger partial charge in [0.25, 0.3) is 0 Å². The molecule has 9 heteroatoms. The molecule has 0 aromatic heterocycles. The van der Waals surface area contributed by atoms with Crippen LogP contribution in [0.3, 0.4) is 0 Å². The van der Waals surface area contributed by atoms with Crippen molar-refractivity contribution in [1.29, 1.82) is 0 Å². The van der Waals surface area contributed by atoms with Crippen molar-refractivity contribution >= 4 is 12.0 Å². The number of likely N-dealkylation sites (tertiary alicyclic amines) is 1. The van der Waals surface area contributed by atoms with Crippen LogP contribution in [-0.4, -0.2) is 46.8 Å². The first-order valence-electron chi connectivity index (χ1n) is 10.7. The van der Waals surface area contributed by atoms with Gasteiger partial charge < -0.3 is 15.2 Å². The molecule has 0 radical (unpaired) electrons. The van der Waals surface area contributed by atoms with Gasteiger partial charge in [0, 0.05) is 6.54 Å². The van der Waals surface area contributed by atoms with Crippen LogP contribution in [0.4, 0.5) is 18.0 Å². The third-order valence-electron chi connectivity index (χ3n) is 5.33. The molecule has 2 aromatic carbocycles. The average molecular weight is 464 g/mol.